The zero-order chi connectivity index (χ0) is 16.8. The molecule has 0 aromatic heterocycles. The number of nitrogens with zero attached hydrogens (tertiary/aromatic N) is 2. The van der Waals surface area contributed by atoms with E-state index in [9.17, 15) is 13.2 Å². The Labute approximate surface area is 137 Å². The number of fused-ring (bicyclic) bond motifs is 1. The van der Waals surface area contributed by atoms with Crippen molar-refractivity contribution in [1.82, 2.24) is 9.21 Å². The van der Waals surface area contributed by atoms with Crippen LogP contribution in [0, 0.1) is 12.8 Å². The number of hydrogen-bond donors (Lipinski definition) is 0. The summed E-state index contributed by atoms with van der Waals surface area (Å²) >= 11 is 0. The molecule has 1 aromatic carbocycles. The number of likely N-dealkylation sites (tertiary alicyclic amines) is 1. The summed E-state index contributed by atoms with van der Waals surface area (Å²) in [7, 11) is -1.61. The van der Waals surface area contributed by atoms with Crippen LogP contribution < -0.4 is 4.74 Å². The number of methoxy groups -OCH3 is 1. The number of hydrogen-bond acceptors (Lipinski definition) is 4. The highest BCUT2D eigenvalue weighted by Crippen LogP contribution is 2.35. The fourth-order valence-electron chi connectivity index (χ4n) is 3.55. The molecule has 0 radical (unpaired) electrons. The van der Waals surface area contributed by atoms with Gasteiger partial charge in [0, 0.05) is 36.8 Å². The minimum absolute atomic E-state index is 0.0554. The zero-order valence-corrected chi connectivity index (χ0v) is 14.5. The number of ether oxygens (including phenoxy) is 1. The van der Waals surface area contributed by atoms with Crippen molar-refractivity contribution < 1.29 is 17.9 Å². The van der Waals surface area contributed by atoms with Crippen LogP contribution in [0.4, 0.5) is 0 Å². The Balaban J connectivity index is 1.79. The summed E-state index contributed by atoms with van der Waals surface area (Å²) in [5.41, 5.74) is 1.43. The summed E-state index contributed by atoms with van der Waals surface area (Å²) in [5.74, 6) is 1.01. The second-order valence-corrected chi connectivity index (χ2v) is 8.27. The quantitative estimate of drug-likeness (QED) is 0.828. The number of sulfonamides is 1. The molecule has 0 saturated carbocycles. The Kier molecular flexibility index (Phi) is 4.10. The van der Waals surface area contributed by atoms with Crippen molar-refractivity contribution >= 4 is 15.9 Å². The van der Waals surface area contributed by atoms with Crippen LogP contribution in [0.3, 0.4) is 0 Å². The van der Waals surface area contributed by atoms with Gasteiger partial charge in [-0.2, -0.15) is 4.31 Å². The van der Waals surface area contributed by atoms with Crippen LogP contribution in [0.15, 0.2) is 18.2 Å². The summed E-state index contributed by atoms with van der Waals surface area (Å²) in [5, 5.41) is 0. The van der Waals surface area contributed by atoms with Crippen molar-refractivity contribution in [1.29, 1.82) is 0 Å². The maximum Gasteiger partial charge on any atom is 0.254 e. The molecule has 2 heterocycles. The molecule has 6 nitrogen and oxygen atoms in total. The zero-order valence-electron chi connectivity index (χ0n) is 13.7. The van der Waals surface area contributed by atoms with E-state index in [-0.39, 0.29) is 11.9 Å². The summed E-state index contributed by atoms with van der Waals surface area (Å²) in [4.78, 5) is 14.6. The Bertz CT molecular complexity index is 732. The van der Waals surface area contributed by atoms with E-state index in [0.29, 0.717) is 36.9 Å². The monoisotopic (exact) mass is 338 g/mol. The second kappa shape index (κ2) is 5.79. The average molecular weight is 338 g/mol. The molecule has 0 aliphatic carbocycles. The molecule has 2 atom stereocenters. The van der Waals surface area contributed by atoms with Crippen LogP contribution in [0.25, 0.3) is 0 Å². The van der Waals surface area contributed by atoms with E-state index in [1.807, 2.05) is 13.0 Å². The third-order valence-corrected chi connectivity index (χ3v) is 6.23. The smallest absolute Gasteiger partial charge is 0.254 e. The van der Waals surface area contributed by atoms with Gasteiger partial charge >= 0.3 is 0 Å². The summed E-state index contributed by atoms with van der Waals surface area (Å²) in [6, 6.07) is 5.35. The Hall–Kier alpha value is -1.60. The summed E-state index contributed by atoms with van der Waals surface area (Å²) in [6.07, 6.45) is 2.08. The Morgan fingerprint density at radius 1 is 1.30 bits per heavy atom. The topological polar surface area (TPSA) is 66.9 Å². The van der Waals surface area contributed by atoms with Crippen molar-refractivity contribution in [3.05, 3.63) is 29.3 Å². The Morgan fingerprint density at radius 2 is 2.04 bits per heavy atom. The lowest BCUT2D eigenvalue weighted by molar-refractivity contribution is 0.0140. The third-order valence-electron chi connectivity index (χ3n) is 4.95. The maximum atomic E-state index is 12.8. The largest absolute Gasteiger partial charge is 0.496 e. The highest BCUT2D eigenvalue weighted by atomic mass is 32.2. The van der Waals surface area contributed by atoms with E-state index in [4.69, 9.17) is 4.74 Å². The number of carbonyl (C=O) groups is 1. The predicted octanol–water partition coefficient (Wildman–Crippen LogP) is 1.11. The van der Waals surface area contributed by atoms with E-state index in [2.05, 4.69) is 0 Å². The van der Waals surface area contributed by atoms with Crippen molar-refractivity contribution in [3.8, 4) is 5.75 Å². The number of amides is 1. The standard InChI is InChI=1S/C16H22N2O4S/c1-11-13(5-4-6-15(11)22-2)16(19)17-8-7-12-9-18(14(12)10-17)23(3,20)21/h4-6,12,14H,7-10H2,1-3H3/t12-,14-/m1/s1. The molecule has 2 aliphatic rings. The average Bonchev–Trinajstić information content (AvgIpc) is 2.46. The van der Waals surface area contributed by atoms with Gasteiger partial charge in [-0.05, 0) is 31.4 Å². The van der Waals surface area contributed by atoms with Crippen molar-refractivity contribution in [2.75, 3.05) is 33.0 Å². The molecule has 0 spiro atoms. The van der Waals surface area contributed by atoms with Crippen molar-refractivity contribution in [2.24, 2.45) is 5.92 Å². The highest BCUT2D eigenvalue weighted by Gasteiger charge is 2.47. The molecular formula is C16H22N2O4S. The molecule has 2 saturated heterocycles. The normalized spacial score (nSPS) is 24.7. The molecule has 23 heavy (non-hydrogen) atoms. The molecule has 1 aromatic rings. The summed E-state index contributed by atoms with van der Waals surface area (Å²) < 4.78 is 30.3. The molecule has 1 amide bonds. The fourth-order valence-corrected chi connectivity index (χ4v) is 4.74. The lowest BCUT2D eigenvalue weighted by atomic mass is 9.84. The van der Waals surface area contributed by atoms with Crippen LogP contribution in [-0.4, -0.2) is 62.6 Å². The minimum atomic E-state index is -3.19. The van der Waals surface area contributed by atoms with Crippen LogP contribution in [-0.2, 0) is 10.0 Å². The van der Waals surface area contributed by atoms with Gasteiger partial charge in [0.25, 0.3) is 5.91 Å². The first-order chi connectivity index (χ1) is 10.8. The van der Waals surface area contributed by atoms with Crippen molar-refractivity contribution in [3.63, 3.8) is 0 Å². The van der Waals surface area contributed by atoms with Gasteiger partial charge in [0.2, 0.25) is 10.0 Å². The van der Waals surface area contributed by atoms with Gasteiger partial charge < -0.3 is 9.64 Å². The van der Waals surface area contributed by atoms with E-state index < -0.39 is 10.0 Å². The number of benzene rings is 1. The van der Waals surface area contributed by atoms with E-state index in [1.165, 1.54) is 10.6 Å². The fraction of sp³-hybridized carbons (Fsp3) is 0.562. The van der Waals surface area contributed by atoms with Gasteiger partial charge in [0.1, 0.15) is 5.75 Å². The number of carbonyl (C=O) groups excluding carboxylic acids is 1. The molecule has 0 N–H and O–H groups in total. The van der Waals surface area contributed by atoms with E-state index >= 15 is 0 Å². The lowest BCUT2D eigenvalue weighted by Gasteiger charge is -2.51. The van der Waals surface area contributed by atoms with Crippen LogP contribution in [0.5, 0.6) is 5.75 Å². The first-order valence-corrected chi connectivity index (χ1v) is 9.57. The van der Waals surface area contributed by atoms with Gasteiger partial charge in [0.05, 0.1) is 13.4 Å². The molecule has 7 heteroatoms. The third kappa shape index (κ3) is 2.83. The molecule has 3 rings (SSSR count). The van der Waals surface area contributed by atoms with E-state index in [1.54, 1.807) is 24.1 Å². The number of rotatable bonds is 3. The van der Waals surface area contributed by atoms with Gasteiger partial charge in [-0.25, -0.2) is 8.42 Å². The van der Waals surface area contributed by atoms with Crippen LogP contribution in [0.2, 0.25) is 0 Å². The first-order valence-electron chi connectivity index (χ1n) is 7.72. The van der Waals surface area contributed by atoms with Crippen LogP contribution >= 0.6 is 0 Å². The SMILES string of the molecule is COc1cccc(C(=O)N2CC[C@@H]3CN(S(C)(=O)=O)[C@@H]3C2)c1C. The summed E-state index contributed by atoms with van der Waals surface area (Å²) in [6.45, 7) is 3.59. The molecule has 126 valence electrons. The van der Waals surface area contributed by atoms with Gasteiger partial charge in [0.15, 0.2) is 0 Å². The molecule has 0 bridgehead atoms. The maximum absolute atomic E-state index is 12.8. The number of piperidine rings is 1. The second-order valence-electron chi connectivity index (χ2n) is 6.33. The molecule has 2 fully saturated rings. The minimum Gasteiger partial charge on any atom is -0.496 e. The van der Waals surface area contributed by atoms with Gasteiger partial charge in [-0.15, -0.1) is 0 Å². The molecular weight excluding hydrogens is 316 g/mol. The van der Waals surface area contributed by atoms with Gasteiger partial charge in [-0.3, -0.25) is 4.79 Å². The first kappa shape index (κ1) is 16.3. The molecule has 0 unspecified atom stereocenters. The molecule has 2 aliphatic heterocycles. The van der Waals surface area contributed by atoms with E-state index in [0.717, 1.165) is 12.0 Å². The van der Waals surface area contributed by atoms with Crippen molar-refractivity contribution in [2.45, 2.75) is 19.4 Å². The van der Waals surface area contributed by atoms with Crippen LogP contribution in [0.1, 0.15) is 22.3 Å². The highest BCUT2D eigenvalue weighted by molar-refractivity contribution is 7.88. The lowest BCUT2D eigenvalue weighted by Crippen LogP contribution is -2.65. The van der Waals surface area contributed by atoms with Gasteiger partial charge in [-0.1, -0.05) is 6.07 Å². The predicted molar refractivity (Wildman–Crippen MR) is 87.1 cm³/mol. The Morgan fingerprint density at radius 3 is 2.70 bits per heavy atom.